The number of hydrogen-bond acceptors (Lipinski definition) is 5. The largest absolute Gasteiger partial charge is 0.483 e. The first-order valence-corrected chi connectivity index (χ1v) is 7.70. The maximum atomic E-state index is 11.7. The van der Waals surface area contributed by atoms with Crippen LogP contribution in [0.25, 0.3) is 0 Å². The molecule has 0 heterocycles. The first-order valence-electron chi connectivity index (χ1n) is 7.32. The van der Waals surface area contributed by atoms with E-state index in [9.17, 15) is 14.9 Å². The van der Waals surface area contributed by atoms with Gasteiger partial charge in [-0.15, -0.1) is 0 Å². The van der Waals surface area contributed by atoms with E-state index in [4.69, 9.17) is 16.3 Å². The summed E-state index contributed by atoms with van der Waals surface area (Å²) < 4.78 is 5.43. The van der Waals surface area contributed by atoms with Crippen LogP contribution in [-0.4, -0.2) is 23.7 Å². The summed E-state index contributed by atoms with van der Waals surface area (Å²) in [5.74, 6) is 0.178. The SMILES string of the molecule is Cc1ccc(OCC(=O)N/N=C/c2ccc(Cl)c([N+](=O)[O-])c2)c(C)c1. The fourth-order valence-electron chi connectivity index (χ4n) is 2.07. The number of carbonyl (C=O) groups excluding carboxylic acids is 1. The number of nitrogens with zero attached hydrogens (tertiary/aromatic N) is 2. The van der Waals surface area contributed by atoms with Crippen molar-refractivity contribution in [3.05, 3.63) is 68.2 Å². The second-order valence-corrected chi connectivity index (χ2v) is 5.73. The van der Waals surface area contributed by atoms with Crippen LogP contribution >= 0.6 is 11.6 Å². The van der Waals surface area contributed by atoms with E-state index in [1.807, 2.05) is 26.0 Å². The first kappa shape index (κ1) is 18.4. The molecule has 1 amide bonds. The maximum absolute atomic E-state index is 11.7. The molecule has 2 rings (SSSR count). The van der Waals surface area contributed by atoms with Gasteiger partial charge in [-0.1, -0.05) is 35.4 Å². The molecule has 0 bridgehead atoms. The van der Waals surface area contributed by atoms with Crippen molar-refractivity contribution < 1.29 is 14.5 Å². The number of amides is 1. The molecule has 8 heteroatoms. The highest BCUT2D eigenvalue weighted by molar-refractivity contribution is 6.32. The van der Waals surface area contributed by atoms with E-state index in [1.165, 1.54) is 18.3 Å². The van der Waals surface area contributed by atoms with Crippen molar-refractivity contribution in [2.45, 2.75) is 13.8 Å². The minimum Gasteiger partial charge on any atom is -0.483 e. The maximum Gasteiger partial charge on any atom is 0.288 e. The van der Waals surface area contributed by atoms with Gasteiger partial charge in [0.05, 0.1) is 11.1 Å². The second-order valence-electron chi connectivity index (χ2n) is 5.32. The average Bonchev–Trinajstić information content (AvgIpc) is 2.55. The Balaban J connectivity index is 1.90. The number of rotatable bonds is 6. The number of halogens is 1. The van der Waals surface area contributed by atoms with Crippen LogP contribution in [0.3, 0.4) is 0 Å². The van der Waals surface area contributed by atoms with Gasteiger partial charge in [0.1, 0.15) is 10.8 Å². The van der Waals surface area contributed by atoms with Gasteiger partial charge in [-0.3, -0.25) is 14.9 Å². The number of hydrazone groups is 1. The third-order valence-electron chi connectivity index (χ3n) is 3.26. The molecule has 2 aromatic rings. The predicted molar refractivity (Wildman–Crippen MR) is 95.3 cm³/mol. The first-order chi connectivity index (χ1) is 11.9. The zero-order valence-electron chi connectivity index (χ0n) is 13.7. The van der Waals surface area contributed by atoms with E-state index >= 15 is 0 Å². The highest BCUT2D eigenvalue weighted by Crippen LogP contribution is 2.24. The molecule has 7 nitrogen and oxygen atoms in total. The van der Waals surface area contributed by atoms with E-state index in [0.717, 1.165) is 11.1 Å². The molecule has 0 aliphatic rings. The van der Waals surface area contributed by atoms with Gasteiger partial charge in [0.15, 0.2) is 6.61 Å². The Hall–Kier alpha value is -2.93. The molecule has 0 spiro atoms. The van der Waals surface area contributed by atoms with Crippen LogP contribution in [0.15, 0.2) is 41.5 Å². The van der Waals surface area contributed by atoms with Crippen molar-refractivity contribution in [3.8, 4) is 5.75 Å². The zero-order valence-corrected chi connectivity index (χ0v) is 14.4. The molecule has 0 saturated heterocycles. The molecule has 25 heavy (non-hydrogen) atoms. The van der Waals surface area contributed by atoms with Crippen LogP contribution in [0.1, 0.15) is 16.7 Å². The summed E-state index contributed by atoms with van der Waals surface area (Å²) in [6.07, 6.45) is 1.29. The lowest BCUT2D eigenvalue weighted by molar-refractivity contribution is -0.384. The van der Waals surface area contributed by atoms with E-state index in [0.29, 0.717) is 11.3 Å². The van der Waals surface area contributed by atoms with Crippen molar-refractivity contribution in [1.29, 1.82) is 0 Å². The van der Waals surface area contributed by atoms with E-state index < -0.39 is 10.8 Å². The number of ether oxygens (including phenoxy) is 1. The van der Waals surface area contributed by atoms with Crippen LogP contribution in [0, 0.1) is 24.0 Å². The van der Waals surface area contributed by atoms with Crippen molar-refractivity contribution in [2.75, 3.05) is 6.61 Å². The third-order valence-corrected chi connectivity index (χ3v) is 3.58. The van der Waals surface area contributed by atoms with Crippen LogP contribution in [0.4, 0.5) is 5.69 Å². The summed E-state index contributed by atoms with van der Waals surface area (Å²) in [6, 6.07) is 9.87. The van der Waals surface area contributed by atoms with Gasteiger partial charge in [-0.25, -0.2) is 5.43 Å². The van der Waals surface area contributed by atoms with Crippen molar-refractivity contribution >= 4 is 29.4 Å². The van der Waals surface area contributed by atoms with Crippen LogP contribution in [0.5, 0.6) is 5.75 Å². The predicted octanol–water partition coefficient (Wildman–Crippen LogP) is 3.39. The molecule has 0 atom stereocenters. The van der Waals surface area contributed by atoms with E-state index in [1.54, 1.807) is 12.1 Å². The van der Waals surface area contributed by atoms with Gasteiger partial charge in [0.25, 0.3) is 11.6 Å². The van der Waals surface area contributed by atoms with Gasteiger partial charge in [0.2, 0.25) is 0 Å². The summed E-state index contributed by atoms with van der Waals surface area (Å²) in [5, 5.41) is 14.6. The third kappa shape index (κ3) is 5.29. The van der Waals surface area contributed by atoms with Crippen molar-refractivity contribution in [1.82, 2.24) is 5.43 Å². The van der Waals surface area contributed by atoms with Gasteiger partial charge in [0, 0.05) is 11.6 Å². The normalized spacial score (nSPS) is 10.7. The molecule has 0 saturated carbocycles. The zero-order chi connectivity index (χ0) is 18.4. The Labute approximate surface area is 149 Å². The summed E-state index contributed by atoms with van der Waals surface area (Å²) >= 11 is 5.73. The quantitative estimate of drug-likeness (QED) is 0.484. The molecular formula is C17H16ClN3O4. The van der Waals surface area contributed by atoms with Gasteiger partial charge >= 0.3 is 0 Å². The summed E-state index contributed by atoms with van der Waals surface area (Å²) in [4.78, 5) is 22.0. The number of benzene rings is 2. The molecule has 130 valence electrons. The number of hydrogen-bond donors (Lipinski definition) is 1. The van der Waals surface area contributed by atoms with E-state index in [2.05, 4.69) is 10.5 Å². The second kappa shape index (κ2) is 8.25. The molecular weight excluding hydrogens is 346 g/mol. The molecule has 0 radical (unpaired) electrons. The number of aryl methyl sites for hydroxylation is 2. The minimum absolute atomic E-state index is 0.0352. The highest BCUT2D eigenvalue weighted by atomic mass is 35.5. The van der Waals surface area contributed by atoms with Crippen molar-refractivity contribution in [3.63, 3.8) is 0 Å². The monoisotopic (exact) mass is 361 g/mol. The van der Waals surface area contributed by atoms with Crippen molar-refractivity contribution in [2.24, 2.45) is 5.10 Å². The topological polar surface area (TPSA) is 93.8 Å². The summed E-state index contributed by atoms with van der Waals surface area (Å²) in [6.45, 7) is 3.67. The fraction of sp³-hybridized carbons (Fsp3) is 0.176. The van der Waals surface area contributed by atoms with Gasteiger partial charge < -0.3 is 4.74 Å². The Morgan fingerprint density at radius 1 is 1.32 bits per heavy atom. The smallest absolute Gasteiger partial charge is 0.288 e. The number of nitrogens with one attached hydrogen (secondary N) is 1. The Kier molecular flexibility index (Phi) is 6.08. The van der Waals surface area contributed by atoms with Crippen LogP contribution < -0.4 is 10.2 Å². The number of nitro groups is 1. The number of carbonyl (C=O) groups is 1. The lowest BCUT2D eigenvalue weighted by Crippen LogP contribution is -2.24. The highest BCUT2D eigenvalue weighted by Gasteiger charge is 2.12. The minimum atomic E-state index is -0.587. The molecule has 0 fully saturated rings. The average molecular weight is 362 g/mol. The molecule has 2 aromatic carbocycles. The fourth-order valence-corrected chi connectivity index (χ4v) is 2.25. The molecule has 0 aliphatic heterocycles. The van der Waals surface area contributed by atoms with Gasteiger partial charge in [-0.2, -0.15) is 5.10 Å². The van der Waals surface area contributed by atoms with Crippen LogP contribution in [0.2, 0.25) is 5.02 Å². The van der Waals surface area contributed by atoms with E-state index in [-0.39, 0.29) is 17.3 Å². The molecule has 0 aromatic heterocycles. The van der Waals surface area contributed by atoms with Crippen LogP contribution in [-0.2, 0) is 4.79 Å². The number of nitro benzene ring substituents is 1. The lowest BCUT2D eigenvalue weighted by atomic mass is 10.1. The molecule has 0 aliphatic carbocycles. The molecule has 0 unspecified atom stereocenters. The summed E-state index contributed by atoms with van der Waals surface area (Å²) in [7, 11) is 0. The Bertz CT molecular complexity index is 837. The standard InChI is InChI=1S/C17H16ClN3O4/c1-11-3-6-16(12(2)7-11)25-10-17(22)20-19-9-13-4-5-14(18)15(8-13)21(23)24/h3-9H,10H2,1-2H3,(H,20,22)/b19-9+. The van der Waals surface area contributed by atoms with Gasteiger partial charge in [-0.05, 0) is 31.5 Å². The Morgan fingerprint density at radius 2 is 2.08 bits per heavy atom. The summed E-state index contributed by atoms with van der Waals surface area (Å²) in [5.41, 5.74) is 4.55. The Morgan fingerprint density at radius 3 is 2.76 bits per heavy atom. The lowest BCUT2D eigenvalue weighted by Gasteiger charge is -2.08. The molecule has 1 N–H and O–H groups in total.